The Labute approximate surface area is 159 Å². The van der Waals surface area contributed by atoms with Crippen molar-refractivity contribution in [2.45, 2.75) is 19.5 Å². The molecule has 138 valence electrons. The van der Waals surface area contributed by atoms with E-state index in [9.17, 15) is 4.79 Å². The molecule has 1 aliphatic rings. The summed E-state index contributed by atoms with van der Waals surface area (Å²) in [6.45, 7) is 2.12. The fourth-order valence-corrected chi connectivity index (χ4v) is 3.39. The minimum absolute atomic E-state index is 0.0660. The third kappa shape index (κ3) is 3.56. The number of carbonyl (C=O) groups is 1. The van der Waals surface area contributed by atoms with Gasteiger partial charge >= 0.3 is 0 Å². The second-order valence-corrected chi connectivity index (χ2v) is 7.01. The maximum Gasteiger partial charge on any atom is 0.254 e. The summed E-state index contributed by atoms with van der Waals surface area (Å²) in [5, 5.41) is 4.72. The number of aromatic nitrogens is 3. The van der Waals surface area contributed by atoms with Gasteiger partial charge in [0.25, 0.3) is 5.91 Å². The lowest BCUT2D eigenvalue weighted by Gasteiger charge is -2.21. The van der Waals surface area contributed by atoms with E-state index < -0.39 is 0 Å². The average Bonchev–Trinajstić information content (AvgIpc) is 3.00. The van der Waals surface area contributed by atoms with Crippen molar-refractivity contribution in [2.75, 3.05) is 25.5 Å². The van der Waals surface area contributed by atoms with Gasteiger partial charge in [0.2, 0.25) is 0 Å². The highest BCUT2D eigenvalue weighted by Crippen LogP contribution is 2.23. The zero-order valence-corrected chi connectivity index (χ0v) is 15.7. The van der Waals surface area contributed by atoms with Gasteiger partial charge in [-0.25, -0.2) is 0 Å². The molecule has 0 radical (unpaired) electrons. The van der Waals surface area contributed by atoms with E-state index in [1.165, 1.54) is 0 Å². The Hall–Kier alpha value is -3.15. The van der Waals surface area contributed by atoms with Crippen LogP contribution >= 0.6 is 0 Å². The summed E-state index contributed by atoms with van der Waals surface area (Å²) in [6, 6.07) is 13.8. The number of rotatable bonds is 3. The van der Waals surface area contributed by atoms with Crippen LogP contribution in [-0.2, 0) is 13.1 Å². The molecule has 6 heteroatoms. The average molecular weight is 361 g/mol. The van der Waals surface area contributed by atoms with Crippen LogP contribution in [0.3, 0.4) is 0 Å². The summed E-state index contributed by atoms with van der Waals surface area (Å²) in [5.74, 6) is 0.0660. The number of amides is 1. The van der Waals surface area contributed by atoms with Gasteiger partial charge in [-0.15, -0.1) is 0 Å². The molecule has 6 nitrogen and oxygen atoms in total. The summed E-state index contributed by atoms with van der Waals surface area (Å²) in [6.07, 6.45) is 4.46. The van der Waals surface area contributed by atoms with E-state index in [1.807, 2.05) is 71.2 Å². The van der Waals surface area contributed by atoms with Gasteiger partial charge in [-0.3, -0.25) is 14.5 Å². The first-order chi connectivity index (χ1) is 13.1. The van der Waals surface area contributed by atoms with Crippen molar-refractivity contribution in [3.63, 3.8) is 0 Å². The van der Waals surface area contributed by atoms with Crippen molar-refractivity contribution in [3.8, 4) is 11.3 Å². The number of hydrogen-bond acceptors (Lipinski definition) is 4. The van der Waals surface area contributed by atoms with Crippen molar-refractivity contribution >= 4 is 11.6 Å². The first-order valence-electron chi connectivity index (χ1n) is 9.15. The zero-order valence-electron chi connectivity index (χ0n) is 15.7. The fourth-order valence-electron chi connectivity index (χ4n) is 3.39. The predicted octanol–water partition coefficient (Wildman–Crippen LogP) is 3.06. The van der Waals surface area contributed by atoms with Crippen molar-refractivity contribution in [2.24, 2.45) is 0 Å². The molecule has 0 aliphatic carbocycles. The molecule has 0 fully saturated rings. The largest absolute Gasteiger partial charge is 0.378 e. The number of aryl methyl sites for hydroxylation is 1. The molecule has 3 heterocycles. The van der Waals surface area contributed by atoms with Crippen LogP contribution in [0.1, 0.15) is 22.5 Å². The Bertz CT molecular complexity index is 948. The Kier molecular flexibility index (Phi) is 4.62. The van der Waals surface area contributed by atoms with Crippen LogP contribution in [0, 0.1) is 0 Å². The highest BCUT2D eigenvalue weighted by Gasteiger charge is 2.22. The van der Waals surface area contributed by atoms with E-state index in [4.69, 9.17) is 5.10 Å². The first-order valence-corrected chi connectivity index (χ1v) is 9.15. The number of anilines is 1. The molecule has 1 aliphatic heterocycles. The molecule has 1 amide bonds. The molecule has 0 saturated carbocycles. The minimum Gasteiger partial charge on any atom is -0.378 e. The van der Waals surface area contributed by atoms with Crippen LogP contribution in [-0.4, -0.2) is 46.2 Å². The van der Waals surface area contributed by atoms with Crippen molar-refractivity contribution in [1.29, 1.82) is 0 Å². The maximum atomic E-state index is 13.1. The molecule has 0 unspecified atom stereocenters. The topological polar surface area (TPSA) is 54.3 Å². The van der Waals surface area contributed by atoms with Crippen molar-refractivity contribution in [1.82, 2.24) is 19.7 Å². The van der Waals surface area contributed by atoms with Gasteiger partial charge < -0.3 is 9.80 Å². The fraction of sp³-hybridized carbons (Fsp3) is 0.286. The summed E-state index contributed by atoms with van der Waals surface area (Å²) in [5.41, 5.74) is 4.71. The zero-order chi connectivity index (χ0) is 18.8. The van der Waals surface area contributed by atoms with Crippen molar-refractivity contribution < 1.29 is 4.79 Å². The van der Waals surface area contributed by atoms with Gasteiger partial charge in [0, 0.05) is 56.4 Å². The summed E-state index contributed by atoms with van der Waals surface area (Å²) in [7, 11) is 3.96. The van der Waals surface area contributed by atoms with Gasteiger partial charge in [0.1, 0.15) is 0 Å². The van der Waals surface area contributed by atoms with E-state index in [-0.39, 0.29) is 5.91 Å². The molecule has 3 aromatic rings. The predicted molar refractivity (Wildman–Crippen MR) is 106 cm³/mol. The van der Waals surface area contributed by atoms with Crippen molar-refractivity contribution in [3.05, 3.63) is 66.1 Å². The van der Waals surface area contributed by atoms with Gasteiger partial charge in [-0.2, -0.15) is 5.10 Å². The molecule has 4 rings (SSSR count). The van der Waals surface area contributed by atoms with E-state index in [0.29, 0.717) is 6.54 Å². The molecular formula is C21H23N5O. The number of pyridine rings is 1. The highest BCUT2D eigenvalue weighted by molar-refractivity contribution is 5.95. The number of nitrogens with zero attached hydrogens (tertiary/aromatic N) is 5. The smallest absolute Gasteiger partial charge is 0.254 e. The van der Waals surface area contributed by atoms with Crippen LogP contribution in [0.2, 0.25) is 0 Å². The SMILES string of the molecule is CN(C)c1cccc(C(=O)N2CCCn3nc(-c4cccnc4)cc3C2)c1. The molecular weight excluding hydrogens is 338 g/mol. The van der Waals surface area contributed by atoms with E-state index in [1.54, 1.807) is 6.20 Å². The van der Waals surface area contributed by atoms with E-state index >= 15 is 0 Å². The van der Waals surface area contributed by atoms with Crippen LogP contribution in [0.4, 0.5) is 5.69 Å². The Morgan fingerprint density at radius 3 is 2.78 bits per heavy atom. The molecule has 0 atom stereocenters. The molecule has 1 aromatic carbocycles. The van der Waals surface area contributed by atoms with Gasteiger partial charge in [-0.05, 0) is 42.8 Å². The third-order valence-electron chi connectivity index (χ3n) is 4.87. The Morgan fingerprint density at radius 2 is 2.00 bits per heavy atom. The van der Waals surface area contributed by atoms with Crippen LogP contribution in [0.15, 0.2) is 54.9 Å². The van der Waals surface area contributed by atoms with Crippen LogP contribution < -0.4 is 4.90 Å². The lowest BCUT2D eigenvalue weighted by atomic mass is 10.1. The molecule has 0 saturated heterocycles. The minimum atomic E-state index is 0.0660. The third-order valence-corrected chi connectivity index (χ3v) is 4.87. The Balaban J connectivity index is 1.59. The molecule has 2 aromatic heterocycles. The normalized spacial score (nSPS) is 13.8. The second-order valence-electron chi connectivity index (χ2n) is 7.01. The van der Waals surface area contributed by atoms with Crippen LogP contribution in [0.5, 0.6) is 0 Å². The highest BCUT2D eigenvalue weighted by atomic mass is 16.2. The van der Waals surface area contributed by atoms with Crippen LogP contribution in [0.25, 0.3) is 11.3 Å². The standard InChI is InChI=1S/C21H23N5O/c1-24(2)18-8-3-6-16(12-18)21(27)25-10-5-11-26-19(15-25)13-20(23-26)17-7-4-9-22-14-17/h3-4,6-9,12-14H,5,10-11,15H2,1-2H3. The van der Waals surface area contributed by atoms with Gasteiger partial charge in [-0.1, -0.05) is 6.07 Å². The van der Waals surface area contributed by atoms with Gasteiger partial charge in [0.15, 0.2) is 0 Å². The summed E-state index contributed by atoms with van der Waals surface area (Å²) >= 11 is 0. The quantitative estimate of drug-likeness (QED) is 0.719. The maximum absolute atomic E-state index is 13.1. The molecule has 0 spiro atoms. The molecule has 0 bridgehead atoms. The molecule has 27 heavy (non-hydrogen) atoms. The molecule has 0 N–H and O–H groups in total. The lowest BCUT2D eigenvalue weighted by Crippen LogP contribution is -2.30. The summed E-state index contributed by atoms with van der Waals surface area (Å²) in [4.78, 5) is 21.2. The number of benzene rings is 1. The Morgan fingerprint density at radius 1 is 1.11 bits per heavy atom. The first kappa shape index (κ1) is 17.3. The van der Waals surface area contributed by atoms with E-state index in [0.717, 1.165) is 47.7 Å². The van der Waals surface area contributed by atoms with E-state index in [2.05, 4.69) is 11.1 Å². The number of carbonyl (C=O) groups excluding carboxylic acids is 1. The second kappa shape index (κ2) is 7.23. The lowest BCUT2D eigenvalue weighted by molar-refractivity contribution is 0.0746. The number of fused-ring (bicyclic) bond motifs is 1. The van der Waals surface area contributed by atoms with Gasteiger partial charge in [0.05, 0.1) is 17.9 Å². The summed E-state index contributed by atoms with van der Waals surface area (Å²) < 4.78 is 2.02. The monoisotopic (exact) mass is 361 g/mol. The number of hydrogen-bond donors (Lipinski definition) is 0.